The lowest BCUT2D eigenvalue weighted by molar-refractivity contribution is 0.0527. The molecule has 0 aromatic heterocycles. The molecule has 0 aliphatic carbocycles. The molecule has 0 amide bonds. The van der Waals surface area contributed by atoms with Gasteiger partial charge in [-0.15, -0.1) is 0 Å². The number of anilines is 2. The van der Waals surface area contributed by atoms with Gasteiger partial charge in [-0.1, -0.05) is 6.07 Å². The average Bonchev–Trinajstić information content (AvgIpc) is 2.40. The number of nitrogen functional groups attached to an aromatic ring is 1. The molecular formula is C16H27N3O2. The zero-order valence-electron chi connectivity index (χ0n) is 13.7. The molecule has 0 aliphatic rings. The number of ether oxygens (including phenoxy) is 1. The number of likely N-dealkylation sites (N-methyl/N-ethyl adjacent to an activating group) is 2. The van der Waals surface area contributed by atoms with Gasteiger partial charge in [-0.2, -0.15) is 0 Å². The Morgan fingerprint density at radius 3 is 2.52 bits per heavy atom. The summed E-state index contributed by atoms with van der Waals surface area (Å²) in [7, 11) is 4.09. The normalized spacial score (nSPS) is 12.3. The van der Waals surface area contributed by atoms with Gasteiger partial charge in [-0.3, -0.25) is 0 Å². The Balaban J connectivity index is 3.10. The van der Waals surface area contributed by atoms with Crippen LogP contribution in [0.4, 0.5) is 11.4 Å². The third-order valence-corrected chi connectivity index (χ3v) is 3.39. The molecule has 1 aromatic rings. The van der Waals surface area contributed by atoms with Crippen LogP contribution in [0.2, 0.25) is 0 Å². The van der Waals surface area contributed by atoms with Crippen molar-refractivity contribution in [3.63, 3.8) is 0 Å². The van der Waals surface area contributed by atoms with E-state index in [1.165, 1.54) is 0 Å². The van der Waals surface area contributed by atoms with Crippen LogP contribution in [0.1, 0.15) is 31.1 Å². The van der Waals surface area contributed by atoms with Gasteiger partial charge in [0.1, 0.15) is 0 Å². The maximum Gasteiger partial charge on any atom is 0.340 e. The Hall–Kier alpha value is -1.75. The number of carbonyl (C=O) groups excluding carboxylic acids is 1. The van der Waals surface area contributed by atoms with Crippen molar-refractivity contribution in [2.24, 2.45) is 0 Å². The number of para-hydroxylation sites is 1. The fraction of sp³-hybridized carbons (Fsp3) is 0.562. The highest BCUT2D eigenvalue weighted by atomic mass is 16.5. The van der Waals surface area contributed by atoms with Crippen LogP contribution < -0.4 is 10.6 Å². The molecule has 1 unspecified atom stereocenters. The number of esters is 1. The summed E-state index contributed by atoms with van der Waals surface area (Å²) in [6.45, 7) is 8.11. The number of hydrogen-bond donors (Lipinski definition) is 1. The topological polar surface area (TPSA) is 58.8 Å². The first-order valence-electron chi connectivity index (χ1n) is 7.39. The summed E-state index contributed by atoms with van der Waals surface area (Å²) in [5.41, 5.74) is 8.01. The number of carbonyl (C=O) groups is 1. The van der Waals surface area contributed by atoms with E-state index in [1.54, 1.807) is 13.0 Å². The number of hydrogen-bond acceptors (Lipinski definition) is 5. The molecule has 1 atom stereocenters. The third kappa shape index (κ3) is 4.36. The van der Waals surface area contributed by atoms with Crippen molar-refractivity contribution in [1.29, 1.82) is 0 Å². The lowest BCUT2D eigenvalue weighted by atomic mass is 10.1. The third-order valence-electron chi connectivity index (χ3n) is 3.39. The number of nitrogens with two attached hydrogens (primary N) is 1. The van der Waals surface area contributed by atoms with Crippen LogP contribution in [0, 0.1) is 0 Å². The summed E-state index contributed by atoms with van der Waals surface area (Å²) in [5.74, 6) is -0.367. The molecule has 5 nitrogen and oxygen atoms in total. The molecule has 0 aliphatic heterocycles. The van der Waals surface area contributed by atoms with E-state index in [0.29, 0.717) is 23.9 Å². The van der Waals surface area contributed by atoms with Crippen LogP contribution in [0.15, 0.2) is 18.2 Å². The summed E-state index contributed by atoms with van der Waals surface area (Å²) < 4.78 is 5.06. The molecule has 0 spiro atoms. The van der Waals surface area contributed by atoms with Crippen LogP contribution >= 0.6 is 0 Å². The molecule has 2 N–H and O–H groups in total. The van der Waals surface area contributed by atoms with Crippen LogP contribution in [0.3, 0.4) is 0 Å². The zero-order chi connectivity index (χ0) is 16.0. The van der Waals surface area contributed by atoms with Crippen LogP contribution in [0.25, 0.3) is 0 Å². The quantitative estimate of drug-likeness (QED) is 0.617. The second kappa shape index (κ2) is 7.88. The maximum atomic E-state index is 11.9. The van der Waals surface area contributed by atoms with Crippen molar-refractivity contribution in [1.82, 2.24) is 4.90 Å². The SMILES string of the molecule is CCOC(=O)c1cccc(N(CC)C(C)CN(C)C)c1N. The van der Waals surface area contributed by atoms with Gasteiger partial charge in [0.15, 0.2) is 0 Å². The Kier molecular flexibility index (Phi) is 6.49. The van der Waals surface area contributed by atoms with Crippen LogP contribution in [-0.4, -0.2) is 50.7 Å². The van der Waals surface area contributed by atoms with Crippen molar-refractivity contribution in [2.75, 3.05) is 44.4 Å². The summed E-state index contributed by atoms with van der Waals surface area (Å²) in [6, 6.07) is 5.81. The lowest BCUT2D eigenvalue weighted by Gasteiger charge is -2.33. The molecule has 1 aromatic carbocycles. The zero-order valence-corrected chi connectivity index (χ0v) is 13.7. The van der Waals surface area contributed by atoms with Gasteiger partial charge >= 0.3 is 5.97 Å². The van der Waals surface area contributed by atoms with E-state index in [2.05, 4.69) is 23.6 Å². The number of nitrogens with zero attached hydrogens (tertiary/aromatic N) is 2. The maximum absolute atomic E-state index is 11.9. The van der Waals surface area contributed by atoms with Crippen molar-refractivity contribution in [3.8, 4) is 0 Å². The van der Waals surface area contributed by atoms with E-state index in [-0.39, 0.29) is 5.97 Å². The van der Waals surface area contributed by atoms with Gasteiger partial charge in [0.25, 0.3) is 0 Å². The molecule has 0 bridgehead atoms. The summed E-state index contributed by atoms with van der Waals surface area (Å²) in [5, 5.41) is 0. The van der Waals surface area contributed by atoms with Crippen LogP contribution in [-0.2, 0) is 4.74 Å². The van der Waals surface area contributed by atoms with Gasteiger partial charge in [-0.05, 0) is 47.0 Å². The smallest absolute Gasteiger partial charge is 0.340 e. The summed E-state index contributed by atoms with van der Waals surface area (Å²) >= 11 is 0. The molecule has 21 heavy (non-hydrogen) atoms. The van der Waals surface area contributed by atoms with E-state index in [9.17, 15) is 4.79 Å². The van der Waals surface area contributed by atoms with E-state index >= 15 is 0 Å². The highest BCUT2D eigenvalue weighted by Crippen LogP contribution is 2.28. The molecular weight excluding hydrogens is 266 g/mol. The Labute approximate surface area is 127 Å². The first kappa shape index (κ1) is 17.3. The Morgan fingerprint density at radius 1 is 1.33 bits per heavy atom. The van der Waals surface area contributed by atoms with Crippen molar-refractivity contribution in [2.45, 2.75) is 26.8 Å². The van der Waals surface area contributed by atoms with E-state index in [4.69, 9.17) is 10.5 Å². The van der Waals surface area contributed by atoms with Gasteiger partial charge in [0.05, 0.1) is 23.5 Å². The van der Waals surface area contributed by atoms with Crippen molar-refractivity contribution >= 4 is 17.3 Å². The first-order chi connectivity index (χ1) is 9.92. The Morgan fingerprint density at radius 2 is 2.00 bits per heavy atom. The standard InChI is InChI=1S/C16H27N3O2/c1-6-19(12(3)11-18(4)5)14-10-8-9-13(15(14)17)16(20)21-7-2/h8-10,12H,6-7,11,17H2,1-5H3. The lowest BCUT2D eigenvalue weighted by Crippen LogP contribution is -2.40. The summed E-state index contributed by atoms with van der Waals surface area (Å²) in [6.07, 6.45) is 0. The minimum Gasteiger partial charge on any atom is -0.462 e. The van der Waals surface area contributed by atoms with Gasteiger partial charge in [0, 0.05) is 19.1 Å². The highest BCUT2D eigenvalue weighted by molar-refractivity contribution is 5.98. The molecule has 5 heteroatoms. The van der Waals surface area contributed by atoms with E-state index in [0.717, 1.165) is 18.8 Å². The van der Waals surface area contributed by atoms with Crippen LogP contribution in [0.5, 0.6) is 0 Å². The summed E-state index contributed by atoms with van der Waals surface area (Å²) in [4.78, 5) is 16.3. The second-order valence-electron chi connectivity index (χ2n) is 5.36. The molecule has 0 radical (unpaired) electrons. The number of benzene rings is 1. The predicted octanol–water partition coefficient (Wildman–Crippen LogP) is 2.22. The van der Waals surface area contributed by atoms with E-state index in [1.807, 2.05) is 26.2 Å². The molecule has 0 saturated heterocycles. The average molecular weight is 293 g/mol. The monoisotopic (exact) mass is 293 g/mol. The molecule has 0 fully saturated rings. The second-order valence-corrected chi connectivity index (χ2v) is 5.36. The minimum absolute atomic E-state index is 0.296. The van der Waals surface area contributed by atoms with Crippen molar-refractivity contribution < 1.29 is 9.53 Å². The molecule has 0 saturated carbocycles. The predicted molar refractivity (Wildman–Crippen MR) is 87.8 cm³/mol. The van der Waals surface area contributed by atoms with Gasteiger partial charge in [0.2, 0.25) is 0 Å². The molecule has 1 rings (SSSR count). The molecule has 0 heterocycles. The molecule has 118 valence electrons. The largest absolute Gasteiger partial charge is 0.462 e. The Bertz CT molecular complexity index is 475. The van der Waals surface area contributed by atoms with Crippen molar-refractivity contribution in [3.05, 3.63) is 23.8 Å². The highest BCUT2D eigenvalue weighted by Gasteiger charge is 2.20. The first-order valence-corrected chi connectivity index (χ1v) is 7.39. The number of rotatable bonds is 7. The fourth-order valence-electron chi connectivity index (χ4n) is 2.54. The van der Waals surface area contributed by atoms with E-state index < -0.39 is 0 Å². The fourth-order valence-corrected chi connectivity index (χ4v) is 2.54. The van der Waals surface area contributed by atoms with Gasteiger partial charge < -0.3 is 20.3 Å². The minimum atomic E-state index is -0.367. The van der Waals surface area contributed by atoms with Gasteiger partial charge in [-0.25, -0.2) is 4.79 Å².